The van der Waals surface area contributed by atoms with Crippen molar-refractivity contribution in [3.05, 3.63) is 86.7 Å². The van der Waals surface area contributed by atoms with Crippen molar-refractivity contribution in [3.63, 3.8) is 0 Å². The van der Waals surface area contributed by atoms with Gasteiger partial charge >= 0.3 is 11.9 Å². The highest BCUT2D eigenvalue weighted by atomic mass is 35.5. The predicted molar refractivity (Wildman–Crippen MR) is 136 cm³/mol. The zero-order valence-electron chi connectivity index (χ0n) is 19.6. The van der Waals surface area contributed by atoms with Crippen LogP contribution in [0.25, 0.3) is 11.1 Å². The topological polar surface area (TPSA) is 71.0 Å². The molecule has 2 fully saturated rings. The van der Waals surface area contributed by atoms with Gasteiger partial charge in [0.2, 0.25) is 5.95 Å². The second-order valence-corrected chi connectivity index (χ2v) is 9.41. The Hall–Kier alpha value is -2.69. The molecule has 6 nitrogen and oxygen atoms in total. The van der Waals surface area contributed by atoms with E-state index in [4.69, 9.17) is 0 Å². The summed E-state index contributed by atoms with van der Waals surface area (Å²) in [5, 5.41) is 0. The Morgan fingerprint density at radius 2 is 1.73 bits per heavy atom. The van der Waals surface area contributed by atoms with Crippen molar-refractivity contribution in [2.75, 3.05) is 19.6 Å². The molecule has 3 heterocycles. The first-order valence-corrected chi connectivity index (χ1v) is 11.5. The van der Waals surface area contributed by atoms with Crippen LogP contribution < -0.4 is 11.2 Å². The minimum absolute atomic E-state index is 0. The first-order valence-electron chi connectivity index (χ1n) is 11.5. The number of unbranched alkanes of at least 4 members (excludes halogenated alkanes) is 1. The molecule has 2 aliphatic rings. The number of hydrogen-bond donors (Lipinski definition) is 1. The quantitative estimate of drug-likeness (QED) is 0.259. The molecular formula is C25H26Cl2F4N4O2. The Labute approximate surface area is 222 Å². The van der Waals surface area contributed by atoms with Crippen molar-refractivity contribution in [1.29, 1.82) is 0 Å². The number of rotatable bonds is 7. The van der Waals surface area contributed by atoms with Gasteiger partial charge in [-0.2, -0.15) is 17.6 Å². The summed E-state index contributed by atoms with van der Waals surface area (Å²) in [6.07, 6.45) is 0.795. The largest absolute Gasteiger partial charge is 0.416 e. The second kappa shape index (κ2) is 11.0. The normalized spacial score (nSPS) is 20.6. The molecule has 37 heavy (non-hydrogen) atoms. The fourth-order valence-electron chi connectivity index (χ4n) is 5.27. The lowest BCUT2D eigenvalue weighted by Crippen LogP contribution is -2.31. The van der Waals surface area contributed by atoms with Crippen LogP contribution in [0.4, 0.5) is 17.6 Å². The lowest BCUT2D eigenvalue weighted by atomic mass is 9.94. The van der Waals surface area contributed by atoms with E-state index in [2.05, 4.69) is 14.9 Å². The fourth-order valence-corrected chi connectivity index (χ4v) is 5.27. The molecule has 1 aliphatic heterocycles. The molecule has 2 atom stereocenters. The third-order valence-electron chi connectivity index (χ3n) is 7.19. The minimum Gasteiger partial charge on any atom is -0.302 e. The van der Waals surface area contributed by atoms with Crippen molar-refractivity contribution >= 4 is 24.8 Å². The third-order valence-corrected chi connectivity index (χ3v) is 7.19. The van der Waals surface area contributed by atoms with Gasteiger partial charge in [-0.05, 0) is 61.6 Å². The molecule has 1 saturated heterocycles. The maximum Gasteiger partial charge on any atom is 0.416 e. The van der Waals surface area contributed by atoms with Crippen molar-refractivity contribution in [3.8, 4) is 11.1 Å². The summed E-state index contributed by atoms with van der Waals surface area (Å²) in [7, 11) is 0. The summed E-state index contributed by atoms with van der Waals surface area (Å²) in [6.45, 7) is 2.89. The van der Waals surface area contributed by atoms with Crippen molar-refractivity contribution in [2.24, 2.45) is 5.92 Å². The highest BCUT2D eigenvalue weighted by Gasteiger charge is 2.60. The van der Waals surface area contributed by atoms with Gasteiger partial charge in [0.15, 0.2) is 0 Å². The monoisotopic (exact) mass is 560 g/mol. The van der Waals surface area contributed by atoms with Crippen LogP contribution in [0.1, 0.15) is 30.4 Å². The number of benzene rings is 1. The zero-order chi connectivity index (χ0) is 24.8. The maximum atomic E-state index is 14.0. The Bertz CT molecular complexity index is 1360. The Morgan fingerprint density at radius 3 is 2.41 bits per heavy atom. The van der Waals surface area contributed by atoms with Crippen LogP contribution >= 0.6 is 24.8 Å². The Morgan fingerprint density at radius 1 is 1.03 bits per heavy atom. The summed E-state index contributed by atoms with van der Waals surface area (Å²) in [5.41, 5.74) is -0.845. The van der Waals surface area contributed by atoms with E-state index in [0.717, 1.165) is 50.2 Å². The predicted octanol–water partition coefficient (Wildman–Crippen LogP) is 4.65. The van der Waals surface area contributed by atoms with Gasteiger partial charge in [-0.15, -0.1) is 24.8 Å². The molecule has 200 valence electrons. The Kier molecular flexibility index (Phi) is 8.56. The zero-order valence-corrected chi connectivity index (χ0v) is 21.3. The SMILES string of the molecule is Cl.Cl.O=c1[nH]c(=O)n(CCCCN2C[C@@H]3C[C@]3(c3ccc(C(F)(F)F)cc3)C2)cc1-c1cccnc1F. The van der Waals surface area contributed by atoms with E-state index < -0.39 is 28.9 Å². The molecule has 0 spiro atoms. The summed E-state index contributed by atoms with van der Waals surface area (Å²) in [4.78, 5) is 32.5. The number of nitrogens with zero attached hydrogens (tertiary/aromatic N) is 3. The summed E-state index contributed by atoms with van der Waals surface area (Å²) in [6, 6.07) is 8.50. The molecule has 3 aromatic rings. The molecule has 0 radical (unpaired) electrons. The summed E-state index contributed by atoms with van der Waals surface area (Å²) < 4.78 is 54.0. The van der Waals surface area contributed by atoms with Crippen molar-refractivity contribution in [1.82, 2.24) is 19.4 Å². The molecule has 0 amide bonds. The van der Waals surface area contributed by atoms with Gasteiger partial charge in [-0.1, -0.05) is 12.1 Å². The minimum atomic E-state index is -4.33. The molecule has 12 heteroatoms. The van der Waals surface area contributed by atoms with Gasteiger partial charge in [-0.25, -0.2) is 9.78 Å². The average Bonchev–Trinajstić information content (AvgIpc) is 3.39. The van der Waals surface area contributed by atoms with Crippen LogP contribution in [0, 0.1) is 11.9 Å². The average molecular weight is 561 g/mol. The standard InChI is InChI=1S/C25H24F4N4O2.2ClH/c26-21-19(4-3-9-30-21)20-14-33(23(35)31-22(20)34)11-2-1-10-32-13-18-12-24(18,15-32)16-5-7-17(8-6-16)25(27,28)29;;/h3-9,14,18H,1-2,10-13,15H2,(H,31,34,35);2*1H/t18-,24+;;/m0../s1. The van der Waals surface area contributed by atoms with Gasteiger partial charge in [0.25, 0.3) is 5.56 Å². The smallest absolute Gasteiger partial charge is 0.302 e. The number of aryl methyl sites for hydroxylation is 1. The first kappa shape index (κ1) is 28.9. The molecule has 1 saturated carbocycles. The molecule has 2 aromatic heterocycles. The van der Waals surface area contributed by atoms with E-state index in [1.165, 1.54) is 29.1 Å². The van der Waals surface area contributed by atoms with Gasteiger partial charge < -0.3 is 4.90 Å². The van der Waals surface area contributed by atoms with Gasteiger partial charge in [-0.3, -0.25) is 14.3 Å². The second-order valence-electron chi connectivity index (χ2n) is 9.41. The van der Waals surface area contributed by atoms with Crippen LogP contribution in [-0.4, -0.2) is 39.1 Å². The van der Waals surface area contributed by atoms with Crippen LogP contribution in [0.5, 0.6) is 0 Å². The van der Waals surface area contributed by atoms with Crippen LogP contribution in [0.15, 0.2) is 58.4 Å². The molecule has 1 aliphatic carbocycles. The lowest BCUT2D eigenvalue weighted by Gasteiger charge is -2.21. The van der Waals surface area contributed by atoms with Gasteiger partial charge in [0.05, 0.1) is 11.1 Å². The van der Waals surface area contributed by atoms with E-state index in [0.29, 0.717) is 18.9 Å². The third kappa shape index (κ3) is 5.76. The number of hydrogen-bond acceptors (Lipinski definition) is 4. The number of pyridine rings is 1. The van der Waals surface area contributed by atoms with E-state index in [-0.39, 0.29) is 41.4 Å². The first-order chi connectivity index (χ1) is 16.7. The number of alkyl halides is 3. The summed E-state index contributed by atoms with van der Waals surface area (Å²) in [5.74, 6) is -0.323. The van der Waals surface area contributed by atoms with E-state index in [1.54, 1.807) is 12.1 Å². The maximum absolute atomic E-state index is 14.0. The summed E-state index contributed by atoms with van der Waals surface area (Å²) >= 11 is 0. The Balaban J connectivity index is 0.00000190. The van der Waals surface area contributed by atoms with Gasteiger partial charge in [0.1, 0.15) is 0 Å². The lowest BCUT2D eigenvalue weighted by molar-refractivity contribution is -0.137. The number of piperidine rings is 1. The fraction of sp³-hybridized carbons (Fsp3) is 0.400. The number of aromatic amines is 1. The number of nitrogens with one attached hydrogen (secondary N) is 1. The van der Waals surface area contributed by atoms with Crippen LogP contribution in [0.2, 0.25) is 0 Å². The molecule has 0 unspecified atom stereocenters. The molecule has 1 aromatic carbocycles. The van der Waals surface area contributed by atoms with Crippen LogP contribution in [-0.2, 0) is 18.1 Å². The van der Waals surface area contributed by atoms with Crippen LogP contribution in [0.3, 0.4) is 0 Å². The van der Waals surface area contributed by atoms with Crippen molar-refractivity contribution in [2.45, 2.75) is 37.4 Å². The number of halogens is 6. The number of H-pyrrole nitrogens is 1. The molecule has 1 N–H and O–H groups in total. The highest BCUT2D eigenvalue weighted by Crippen LogP contribution is 2.59. The van der Waals surface area contributed by atoms with E-state index in [1.807, 2.05) is 0 Å². The number of likely N-dealkylation sites (tertiary alicyclic amines) is 1. The van der Waals surface area contributed by atoms with Crippen molar-refractivity contribution < 1.29 is 17.6 Å². The number of aromatic nitrogens is 3. The molecular weight excluding hydrogens is 535 g/mol. The van der Waals surface area contributed by atoms with E-state index in [9.17, 15) is 27.2 Å². The molecule has 0 bridgehead atoms. The number of fused-ring (bicyclic) bond motifs is 1. The molecule has 5 rings (SSSR count). The van der Waals surface area contributed by atoms with E-state index >= 15 is 0 Å². The van der Waals surface area contributed by atoms with Gasteiger partial charge in [0, 0.05) is 43.0 Å². The highest BCUT2D eigenvalue weighted by molar-refractivity contribution is 5.85.